The molecular weight excluding hydrogens is 376 g/mol. The molecule has 0 spiro atoms. The van der Waals surface area contributed by atoms with Crippen molar-refractivity contribution in [2.75, 3.05) is 32.0 Å². The minimum Gasteiger partial charge on any atom is -0.335 e. The zero-order valence-electron chi connectivity index (χ0n) is 14.5. The topological polar surface area (TPSA) is 107 Å². The molecule has 9 nitrogen and oxygen atoms in total. The average Bonchev–Trinajstić information content (AvgIpc) is 2.80. The molecule has 1 aromatic carbocycles. The highest BCUT2D eigenvalue weighted by atomic mass is 35.5. The van der Waals surface area contributed by atoms with Crippen LogP contribution in [0.15, 0.2) is 36.9 Å². The molecule has 0 atom stereocenters. The molecule has 0 unspecified atom stereocenters. The van der Waals surface area contributed by atoms with Gasteiger partial charge < -0.3 is 10.2 Å². The quantitative estimate of drug-likeness (QED) is 0.418. The number of halogens is 1. The Morgan fingerprint density at radius 1 is 1.22 bits per heavy atom. The van der Waals surface area contributed by atoms with E-state index in [-0.39, 0.29) is 13.1 Å². The van der Waals surface area contributed by atoms with Gasteiger partial charge >= 0.3 is 17.8 Å². The van der Waals surface area contributed by atoms with Crippen LogP contribution >= 0.6 is 11.6 Å². The van der Waals surface area contributed by atoms with Gasteiger partial charge in [0.15, 0.2) is 0 Å². The number of anilines is 1. The molecule has 0 bridgehead atoms. The predicted molar refractivity (Wildman–Crippen MR) is 96.7 cm³/mol. The number of carbonyl (C=O) groups excluding carboxylic acids is 5. The summed E-state index contributed by atoms with van der Waals surface area (Å²) in [6.45, 7) is 2.31. The Kier molecular flexibility index (Phi) is 6.30. The molecule has 2 rings (SSSR count). The Hall–Kier alpha value is -3.20. The first-order valence-electron chi connectivity index (χ1n) is 7.82. The van der Waals surface area contributed by atoms with Crippen LogP contribution in [0.25, 0.3) is 0 Å². The molecule has 142 valence electrons. The average molecular weight is 393 g/mol. The second-order valence-corrected chi connectivity index (χ2v) is 6.12. The molecule has 27 heavy (non-hydrogen) atoms. The standard InChI is InChI=1S/C17H17ClN4O5/c1-3-7-21-15(25)16(26)22(17(21)27)10-14(24)20(2)9-13(23)19-12-6-4-5-11(18)8-12/h3-6,8H,1,7,9-10H2,2H3,(H,19,23). The maximum atomic E-state index is 12.2. The second kappa shape index (κ2) is 8.45. The van der Waals surface area contributed by atoms with Gasteiger partial charge in [-0.05, 0) is 18.2 Å². The second-order valence-electron chi connectivity index (χ2n) is 5.69. The van der Waals surface area contributed by atoms with Crippen molar-refractivity contribution in [3.63, 3.8) is 0 Å². The van der Waals surface area contributed by atoms with E-state index in [1.54, 1.807) is 24.3 Å². The summed E-state index contributed by atoms with van der Waals surface area (Å²) in [5.74, 6) is -3.27. The van der Waals surface area contributed by atoms with E-state index in [0.29, 0.717) is 20.5 Å². The number of amides is 6. The fraction of sp³-hybridized carbons (Fsp3) is 0.235. The van der Waals surface area contributed by atoms with Crippen LogP contribution in [0.1, 0.15) is 0 Å². The van der Waals surface area contributed by atoms with E-state index in [1.807, 2.05) is 0 Å². The number of imide groups is 2. The smallest absolute Gasteiger partial charge is 0.335 e. The Morgan fingerprint density at radius 2 is 1.89 bits per heavy atom. The van der Waals surface area contributed by atoms with Crippen LogP contribution in [-0.2, 0) is 19.2 Å². The molecule has 0 aromatic heterocycles. The summed E-state index contributed by atoms with van der Waals surface area (Å²) in [6, 6.07) is 5.59. The number of hydrogen-bond acceptors (Lipinski definition) is 5. The summed E-state index contributed by atoms with van der Waals surface area (Å²) in [5, 5.41) is 3.01. The lowest BCUT2D eigenvalue weighted by atomic mass is 10.3. The summed E-state index contributed by atoms with van der Waals surface area (Å²) >= 11 is 5.83. The molecule has 1 fully saturated rings. The van der Waals surface area contributed by atoms with Gasteiger partial charge in [-0.2, -0.15) is 0 Å². The van der Waals surface area contributed by atoms with Crippen LogP contribution < -0.4 is 5.32 Å². The van der Waals surface area contributed by atoms with E-state index in [1.165, 1.54) is 13.1 Å². The summed E-state index contributed by atoms with van der Waals surface area (Å²) in [5.41, 5.74) is 0.462. The van der Waals surface area contributed by atoms with Crippen LogP contribution in [0.3, 0.4) is 0 Å². The van der Waals surface area contributed by atoms with Gasteiger partial charge in [0.2, 0.25) is 11.8 Å². The molecule has 1 N–H and O–H groups in total. The van der Waals surface area contributed by atoms with Crippen LogP contribution in [0.5, 0.6) is 0 Å². The first kappa shape index (κ1) is 20.1. The van der Waals surface area contributed by atoms with Crippen molar-refractivity contribution in [1.29, 1.82) is 0 Å². The van der Waals surface area contributed by atoms with Crippen molar-refractivity contribution in [2.45, 2.75) is 0 Å². The maximum Gasteiger partial charge on any atom is 0.335 e. The van der Waals surface area contributed by atoms with Crippen LogP contribution in [0.2, 0.25) is 5.02 Å². The van der Waals surface area contributed by atoms with Crippen LogP contribution in [0, 0.1) is 0 Å². The Labute approximate surface area is 160 Å². The van der Waals surface area contributed by atoms with Gasteiger partial charge in [-0.1, -0.05) is 23.7 Å². The van der Waals surface area contributed by atoms with Gasteiger partial charge in [-0.25, -0.2) is 9.69 Å². The zero-order valence-corrected chi connectivity index (χ0v) is 15.2. The summed E-state index contributed by atoms with van der Waals surface area (Å²) in [6.07, 6.45) is 1.29. The lowest BCUT2D eigenvalue weighted by Gasteiger charge is -2.20. The maximum absolute atomic E-state index is 12.2. The molecule has 0 radical (unpaired) electrons. The Bertz CT molecular complexity index is 825. The lowest BCUT2D eigenvalue weighted by molar-refractivity contribution is -0.144. The normalized spacial score (nSPS) is 13.8. The molecule has 1 aliphatic rings. The first-order valence-corrected chi connectivity index (χ1v) is 8.20. The van der Waals surface area contributed by atoms with E-state index in [0.717, 1.165) is 4.90 Å². The Morgan fingerprint density at radius 3 is 2.52 bits per heavy atom. The van der Waals surface area contributed by atoms with Gasteiger partial charge in [0.25, 0.3) is 0 Å². The van der Waals surface area contributed by atoms with E-state index in [4.69, 9.17) is 11.6 Å². The first-order chi connectivity index (χ1) is 12.7. The zero-order chi connectivity index (χ0) is 20.1. The molecule has 1 saturated heterocycles. The number of nitrogens with zero attached hydrogens (tertiary/aromatic N) is 3. The highest BCUT2D eigenvalue weighted by molar-refractivity contribution is 6.45. The van der Waals surface area contributed by atoms with Gasteiger partial charge in [-0.15, -0.1) is 6.58 Å². The Balaban J connectivity index is 1.94. The van der Waals surface area contributed by atoms with Crippen molar-refractivity contribution in [2.24, 2.45) is 0 Å². The van der Waals surface area contributed by atoms with Crippen molar-refractivity contribution in [3.05, 3.63) is 41.9 Å². The van der Waals surface area contributed by atoms with Crippen LogP contribution in [0.4, 0.5) is 10.5 Å². The van der Waals surface area contributed by atoms with E-state index < -0.39 is 36.2 Å². The van der Waals surface area contributed by atoms with Gasteiger partial charge in [-0.3, -0.25) is 24.1 Å². The monoisotopic (exact) mass is 392 g/mol. The fourth-order valence-electron chi connectivity index (χ4n) is 2.31. The summed E-state index contributed by atoms with van der Waals surface area (Å²) < 4.78 is 0. The number of rotatable bonds is 7. The third-order valence-corrected chi connectivity index (χ3v) is 3.89. The highest BCUT2D eigenvalue weighted by Gasteiger charge is 2.44. The molecule has 1 heterocycles. The molecule has 1 aromatic rings. The third kappa shape index (κ3) is 4.70. The molecule has 10 heteroatoms. The van der Waals surface area contributed by atoms with Gasteiger partial charge in [0, 0.05) is 24.3 Å². The van der Waals surface area contributed by atoms with Crippen molar-refractivity contribution >= 4 is 46.9 Å². The van der Waals surface area contributed by atoms with E-state index in [2.05, 4.69) is 11.9 Å². The number of urea groups is 1. The highest BCUT2D eigenvalue weighted by Crippen LogP contribution is 2.15. The molecule has 6 amide bonds. The molecular formula is C17H17ClN4O5. The van der Waals surface area contributed by atoms with Crippen molar-refractivity contribution < 1.29 is 24.0 Å². The van der Waals surface area contributed by atoms with Crippen molar-refractivity contribution in [3.8, 4) is 0 Å². The molecule has 1 aliphatic heterocycles. The SMILES string of the molecule is C=CCN1C(=O)C(=O)N(CC(=O)N(C)CC(=O)Nc2cccc(Cl)c2)C1=O. The fourth-order valence-corrected chi connectivity index (χ4v) is 2.50. The van der Waals surface area contributed by atoms with E-state index in [9.17, 15) is 24.0 Å². The molecule has 0 saturated carbocycles. The number of hydrogen-bond donors (Lipinski definition) is 1. The van der Waals surface area contributed by atoms with Crippen LogP contribution in [-0.4, -0.2) is 71.0 Å². The molecule has 0 aliphatic carbocycles. The number of nitrogens with one attached hydrogen (secondary N) is 1. The lowest BCUT2D eigenvalue weighted by Crippen LogP contribution is -2.44. The van der Waals surface area contributed by atoms with E-state index >= 15 is 0 Å². The summed E-state index contributed by atoms with van der Waals surface area (Å²) in [7, 11) is 1.34. The summed E-state index contributed by atoms with van der Waals surface area (Å²) in [4.78, 5) is 62.2. The minimum absolute atomic E-state index is 0.133. The van der Waals surface area contributed by atoms with Crippen molar-refractivity contribution in [1.82, 2.24) is 14.7 Å². The third-order valence-electron chi connectivity index (χ3n) is 3.66. The number of likely N-dealkylation sites (N-methyl/N-ethyl adjacent to an activating group) is 1. The number of carbonyl (C=O) groups is 5. The predicted octanol–water partition coefficient (Wildman–Crippen LogP) is 0.714. The van der Waals surface area contributed by atoms with Gasteiger partial charge in [0.1, 0.15) is 6.54 Å². The number of benzene rings is 1. The largest absolute Gasteiger partial charge is 0.335 e. The minimum atomic E-state index is -1.09. The van der Waals surface area contributed by atoms with Gasteiger partial charge in [0.05, 0.1) is 6.54 Å².